The van der Waals surface area contributed by atoms with Gasteiger partial charge in [-0.05, 0) is 55.6 Å². The van der Waals surface area contributed by atoms with Crippen LogP contribution in [0.4, 0.5) is 0 Å². The number of benzene rings is 1. The number of para-hydroxylation sites is 1. The van der Waals surface area contributed by atoms with Gasteiger partial charge in [0.05, 0.1) is 0 Å². The molecule has 2 aromatic rings. The van der Waals surface area contributed by atoms with Crippen LogP contribution in [0, 0.1) is 17.8 Å². The summed E-state index contributed by atoms with van der Waals surface area (Å²) in [7, 11) is 0. The van der Waals surface area contributed by atoms with Crippen molar-refractivity contribution in [2.24, 2.45) is 17.8 Å². The van der Waals surface area contributed by atoms with Crippen molar-refractivity contribution in [3.63, 3.8) is 0 Å². The van der Waals surface area contributed by atoms with E-state index in [0.29, 0.717) is 19.3 Å². The maximum absolute atomic E-state index is 14.3. The number of carbonyl (C=O) groups is 4. The van der Waals surface area contributed by atoms with Gasteiger partial charge in [0, 0.05) is 54.5 Å². The second-order valence-corrected chi connectivity index (χ2v) is 12.9. The highest BCUT2D eigenvalue weighted by Crippen LogP contribution is 2.28. The van der Waals surface area contributed by atoms with Crippen LogP contribution in [0.2, 0.25) is 0 Å². The Labute approximate surface area is 242 Å². The van der Waals surface area contributed by atoms with Crippen molar-refractivity contribution in [2.45, 2.75) is 103 Å². The number of hydrogen-bond acceptors (Lipinski definition) is 4. The zero-order chi connectivity index (χ0) is 29.1. The maximum atomic E-state index is 14.3. The summed E-state index contributed by atoms with van der Waals surface area (Å²) < 4.78 is 0. The molecule has 0 spiro atoms. The number of aromatic nitrogens is 1. The molecule has 0 bridgehead atoms. The molecule has 9 heteroatoms. The van der Waals surface area contributed by atoms with Crippen LogP contribution in [-0.2, 0) is 25.6 Å². The average molecular weight is 564 g/mol. The van der Waals surface area contributed by atoms with Gasteiger partial charge < -0.3 is 25.8 Å². The Hall–Kier alpha value is -3.36. The van der Waals surface area contributed by atoms with Crippen LogP contribution < -0.4 is 16.0 Å². The molecule has 0 radical (unpaired) electrons. The lowest BCUT2D eigenvalue weighted by Gasteiger charge is -2.30. The molecular weight excluding hydrogens is 518 g/mol. The lowest BCUT2D eigenvalue weighted by Crippen LogP contribution is -2.55. The monoisotopic (exact) mass is 563 g/mol. The molecule has 3 fully saturated rings. The molecule has 4 amide bonds. The summed E-state index contributed by atoms with van der Waals surface area (Å²) in [6.45, 7) is 6.46. The highest BCUT2D eigenvalue weighted by atomic mass is 16.2. The Bertz CT molecular complexity index is 1270. The molecule has 3 aliphatic rings. The van der Waals surface area contributed by atoms with Gasteiger partial charge in [0.2, 0.25) is 23.6 Å². The number of aromatic amines is 1. The van der Waals surface area contributed by atoms with Crippen LogP contribution in [0.3, 0.4) is 0 Å². The van der Waals surface area contributed by atoms with Gasteiger partial charge in [0.15, 0.2) is 0 Å². The van der Waals surface area contributed by atoms with Crippen LogP contribution in [0.1, 0.15) is 77.7 Å². The van der Waals surface area contributed by atoms with Crippen molar-refractivity contribution >= 4 is 34.5 Å². The average Bonchev–Trinajstić information content (AvgIpc) is 3.70. The van der Waals surface area contributed by atoms with E-state index in [1.165, 1.54) is 0 Å². The fraction of sp³-hybridized carbons (Fsp3) is 0.625. The summed E-state index contributed by atoms with van der Waals surface area (Å²) in [6.07, 6.45) is 8.33. The molecule has 4 N–H and O–H groups in total. The molecule has 5 rings (SSSR count). The van der Waals surface area contributed by atoms with Crippen LogP contribution in [0.25, 0.3) is 10.9 Å². The highest BCUT2D eigenvalue weighted by molar-refractivity contribution is 5.94. The number of rotatable bonds is 5. The first-order chi connectivity index (χ1) is 19.7. The fourth-order valence-corrected chi connectivity index (χ4v) is 6.85. The molecule has 9 nitrogen and oxygen atoms in total. The lowest BCUT2D eigenvalue weighted by atomic mass is 9.92. The third-order valence-electron chi connectivity index (χ3n) is 9.33. The topological polar surface area (TPSA) is 123 Å². The predicted octanol–water partition coefficient (Wildman–Crippen LogP) is 3.43. The lowest BCUT2D eigenvalue weighted by molar-refractivity contribution is -0.141. The summed E-state index contributed by atoms with van der Waals surface area (Å²) in [4.78, 5) is 59.1. The first-order valence-electron chi connectivity index (χ1n) is 15.4. The number of carbonyl (C=O) groups excluding carboxylic acids is 4. The smallest absolute Gasteiger partial charge is 0.246 e. The minimum Gasteiger partial charge on any atom is -0.361 e. The molecule has 3 heterocycles. The maximum Gasteiger partial charge on any atom is 0.246 e. The molecule has 5 atom stereocenters. The molecule has 0 unspecified atom stereocenters. The van der Waals surface area contributed by atoms with E-state index in [0.717, 1.165) is 55.0 Å². The van der Waals surface area contributed by atoms with E-state index in [1.807, 2.05) is 37.4 Å². The van der Waals surface area contributed by atoms with E-state index in [-0.39, 0.29) is 60.0 Å². The summed E-state index contributed by atoms with van der Waals surface area (Å²) in [5, 5.41) is 10.4. The third kappa shape index (κ3) is 6.76. The van der Waals surface area contributed by atoms with E-state index in [9.17, 15) is 19.2 Å². The molecule has 1 aromatic carbocycles. The van der Waals surface area contributed by atoms with Gasteiger partial charge in [0.1, 0.15) is 12.1 Å². The van der Waals surface area contributed by atoms with Gasteiger partial charge in [-0.15, -0.1) is 0 Å². The SMILES string of the molecule is CC(C)[C@@H]1CC[C@@H](C)CC(=O)N[C@H](Cc2c[nH]c3ccccc23)C(=O)N2C[C@H](NC(=O)C3CCCC3)C[C@H]2C(=O)N1. The first kappa shape index (κ1) is 29.1. The molecule has 2 aliphatic heterocycles. The van der Waals surface area contributed by atoms with Crippen molar-refractivity contribution < 1.29 is 19.2 Å². The number of amides is 4. The normalized spacial score (nSPS) is 28.5. The Balaban J connectivity index is 1.44. The van der Waals surface area contributed by atoms with Crippen LogP contribution in [0.5, 0.6) is 0 Å². The largest absolute Gasteiger partial charge is 0.361 e. The van der Waals surface area contributed by atoms with Crippen molar-refractivity contribution in [1.82, 2.24) is 25.8 Å². The Morgan fingerprint density at radius 1 is 1.05 bits per heavy atom. The Kier molecular flexibility index (Phi) is 9.00. The summed E-state index contributed by atoms with van der Waals surface area (Å²) in [6, 6.07) is 5.99. The molecule has 1 aromatic heterocycles. The van der Waals surface area contributed by atoms with E-state index >= 15 is 0 Å². The molecule has 41 heavy (non-hydrogen) atoms. The fourth-order valence-electron chi connectivity index (χ4n) is 6.85. The van der Waals surface area contributed by atoms with Crippen LogP contribution >= 0.6 is 0 Å². The zero-order valence-electron chi connectivity index (χ0n) is 24.6. The number of nitrogens with one attached hydrogen (secondary N) is 4. The van der Waals surface area contributed by atoms with Gasteiger partial charge in [-0.25, -0.2) is 0 Å². The predicted molar refractivity (Wildman–Crippen MR) is 158 cm³/mol. The number of H-pyrrole nitrogens is 1. The second-order valence-electron chi connectivity index (χ2n) is 12.9. The molecular formula is C32H45N5O4. The molecule has 222 valence electrons. The van der Waals surface area contributed by atoms with Crippen LogP contribution in [-0.4, -0.2) is 64.2 Å². The van der Waals surface area contributed by atoms with E-state index < -0.39 is 12.1 Å². The number of fused-ring (bicyclic) bond motifs is 2. The van der Waals surface area contributed by atoms with Crippen molar-refractivity contribution in [3.8, 4) is 0 Å². The standard InChI is InChI=1S/C32H45N5O4/c1-19(2)25-13-12-20(3)14-29(38)35-27(15-22-17-33-26-11-7-6-10-24(22)26)32(41)37-18-23(16-28(37)31(40)36-25)34-30(39)21-8-4-5-9-21/h6-7,10-11,17,19-21,23,25,27-28,33H,4-5,8-9,12-16,18H2,1-3H3,(H,34,39)(H,35,38)(H,36,40)/t20-,23-,25+,27-,28+/m1/s1. The highest BCUT2D eigenvalue weighted by Gasteiger charge is 2.44. The van der Waals surface area contributed by atoms with Gasteiger partial charge >= 0.3 is 0 Å². The van der Waals surface area contributed by atoms with Gasteiger partial charge in [-0.3, -0.25) is 19.2 Å². The van der Waals surface area contributed by atoms with Gasteiger partial charge in [-0.1, -0.05) is 51.8 Å². The molecule has 2 saturated heterocycles. The van der Waals surface area contributed by atoms with Gasteiger partial charge in [-0.2, -0.15) is 0 Å². The summed E-state index contributed by atoms with van der Waals surface area (Å²) in [5.74, 6) is -0.264. The van der Waals surface area contributed by atoms with Crippen molar-refractivity contribution in [2.75, 3.05) is 6.54 Å². The molecule has 1 saturated carbocycles. The minimum absolute atomic E-state index is 0.00565. The third-order valence-corrected chi connectivity index (χ3v) is 9.33. The van der Waals surface area contributed by atoms with Crippen LogP contribution in [0.15, 0.2) is 30.5 Å². The van der Waals surface area contributed by atoms with Crippen molar-refractivity contribution in [3.05, 3.63) is 36.0 Å². The number of nitrogens with zero attached hydrogens (tertiary/aromatic N) is 1. The first-order valence-corrected chi connectivity index (χ1v) is 15.4. The number of hydrogen-bond donors (Lipinski definition) is 4. The summed E-state index contributed by atoms with van der Waals surface area (Å²) in [5.41, 5.74) is 1.90. The van der Waals surface area contributed by atoms with Crippen molar-refractivity contribution in [1.29, 1.82) is 0 Å². The zero-order valence-corrected chi connectivity index (χ0v) is 24.6. The quantitative estimate of drug-likeness (QED) is 0.445. The molecule has 1 aliphatic carbocycles. The Morgan fingerprint density at radius 3 is 2.56 bits per heavy atom. The van der Waals surface area contributed by atoms with E-state index in [2.05, 4.69) is 34.8 Å². The second kappa shape index (κ2) is 12.7. The summed E-state index contributed by atoms with van der Waals surface area (Å²) >= 11 is 0. The Morgan fingerprint density at radius 2 is 1.80 bits per heavy atom. The van der Waals surface area contributed by atoms with Gasteiger partial charge in [0.25, 0.3) is 0 Å². The van der Waals surface area contributed by atoms with E-state index in [1.54, 1.807) is 4.90 Å². The van der Waals surface area contributed by atoms with E-state index in [4.69, 9.17) is 0 Å². The minimum atomic E-state index is -0.824.